The SMILES string of the molecule is CCCCCCCCC(Oc1ccc(Br)c2ccccc12)C(C)(C)C(C)(C)C. The number of hydrogen-bond donors (Lipinski definition) is 0. The van der Waals surface area contributed by atoms with Gasteiger partial charge in [-0.05, 0) is 35.8 Å². The number of halogens is 1. The van der Waals surface area contributed by atoms with Crippen LogP contribution in [0.5, 0.6) is 5.75 Å². The van der Waals surface area contributed by atoms with Crippen LogP contribution in [0.2, 0.25) is 0 Å². The number of hydrogen-bond acceptors (Lipinski definition) is 1. The Bertz CT molecular complexity index is 742. The molecule has 0 aromatic heterocycles. The van der Waals surface area contributed by atoms with E-state index in [-0.39, 0.29) is 16.9 Å². The predicted molar refractivity (Wildman–Crippen MR) is 127 cm³/mol. The lowest BCUT2D eigenvalue weighted by molar-refractivity contribution is -0.0158. The van der Waals surface area contributed by atoms with Gasteiger partial charge in [-0.3, -0.25) is 0 Å². The Morgan fingerprint density at radius 2 is 1.43 bits per heavy atom. The van der Waals surface area contributed by atoms with Crippen molar-refractivity contribution in [1.82, 2.24) is 0 Å². The molecule has 0 bridgehead atoms. The zero-order chi connectivity index (χ0) is 20.8. The van der Waals surface area contributed by atoms with Crippen LogP contribution in [-0.4, -0.2) is 6.10 Å². The van der Waals surface area contributed by atoms with Crippen LogP contribution in [0.4, 0.5) is 0 Å². The van der Waals surface area contributed by atoms with Crippen molar-refractivity contribution in [3.05, 3.63) is 40.9 Å². The molecule has 0 heterocycles. The first kappa shape index (κ1) is 23.3. The van der Waals surface area contributed by atoms with Gasteiger partial charge in [0.15, 0.2) is 0 Å². The smallest absolute Gasteiger partial charge is 0.127 e. The molecule has 0 amide bonds. The Hall–Kier alpha value is -1.02. The van der Waals surface area contributed by atoms with Crippen molar-refractivity contribution in [2.75, 3.05) is 0 Å². The number of rotatable bonds is 10. The molecule has 0 aliphatic carbocycles. The van der Waals surface area contributed by atoms with Crippen LogP contribution in [0.15, 0.2) is 40.9 Å². The average molecular weight is 448 g/mol. The van der Waals surface area contributed by atoms with Crippen LogP contribution in [0.3, 0.4) is 0 Å². The molecule has 0 radical (unpaired) electrons. The predicted octanol–water partition coefficient (Wildman–Crippen LogP) is 9.17. The van der Waals surface area contributed by atoms with E-state index in [1.165, 1.54) is 49.3 Å². The number of ether oxygens (including phenoxy) is 1. The molecule has 2 aromatic rings. The number of unbranched alkanes of at least 4 members (excludes halogenated alkanes) is 5. The standard InChI is InChI=1S/C26H39BrO/c1-7-8-9-10-11-12-17-24(26(5,6)25(2,3)4)28-23-19-18-22(27)20-15-13-14-16-21(20)23/h13-16,18-19,24H,7-12,17H2,1-6H3. The monoisotopic (exact) mass is 446 g/mol. The van der Waals surface area contributed by atoms with E-state index < -0.39 is 0 Å². The van der Waals surface area contributed by atoms with Crippen molar-refractivity contribution in [3.8, 4) is 5.75 Å². The second kappa shape index (κ2) is 10.1. The Kier molecular flexibility index (Phi) is 8.43. The van der Waals surface area contributed by atoms with E-state index in [2.05, 4.69) is 93.9 Å². The molecule has 2 heteroatoms. The molecule has 2 rings (SSSR count). The van der Waals surface area contributed by atoms with Crippen LogP contribution in [0.25, 0.3) is 10.8 Å². The van der Waals surface area contributed by atoms with Crippen molar-refractivity contribution < 1.29 is 4.74 Å². The molecule has 156 valence electrons. The normalized spacial score (nSPS) is 13.7. The second-order valence-corrected chi connectivity index (χ2v) is 10.6. The first-order valence-corrected chi connectivity index (χ1v) is 11.8. The quantitative estimate of drug-likeness (QED) is 0.330. The molecule has 1 nitrogen and oxygen atoms in total. The summed E-state index contributed by atoms with van der Waals surface area (Å²) in [6, 6.07) is 12.7. The molecule has 0 saturated carbocycles. The Morgan fingerprint density at radius 3 is 2.07 bits per heavy atom. The fourth-order valence-corrected chi connectivity index (χ4v) is 4.13. The minimum absolute atomic E-state index is 0.0740. The fourth-order valence-electron chi connectivity index (χ4n) is 3.65. The molecule has 0 fully saturated rings. The lowest BCUT2D eigenvalue weighted by Gasteiger charge is -2.45. The Morgan fingerprint density at radius 1 is 0.821 bits per heavy atom. The molecule has 0 aliphatic heterocycles. The van der Waals surface area contributed by atoms with Gasteiger partial charge in [-0.15, -0.1) is 0 Å². The summed E-state index contributed by atoms with van der Waals surface area (Å²) in [7, 11) is 0. The fraction of sp³-hybridized carbons (Fsp3) is 0.615. The molecule has 28 heavy (non-hydrogen) atoms. The van der Waals surface area contributed by atoms with Gasteiger partial charge in [0.05, 0.1) is 0 Å². The summed E-state index contributed by atoms with van der Waals surface area (Å²) < 4.78 is 7.90. The summed E-state index contributed by atoms with van der Waals surface area (Å²) >= 11 is 3.68. The summed E-state index contributed by atoms with van der Waals surface area (Å²) in [5, 5.41) is 2.40. The molecule has 2 aromatic carbocycles. The molecular weight excluding hydrogens is 408 g/mol. The van der Waals surface area contributed by atoms with E-state index in [1.807, 2.05) is 0 Å². The second-order valence-electron chi connectivity index (χ2n) is 9.73. The summed E-state index contributed by atoms with van der Waals surface area (Å²) in [6.07, 6.45) is 9.23. The maximum Gasteiger partial charge on any atom is 0.127 e. The van der Waals surface area contributed by atoms with Gasteiger partial charge in [0.2, 0.25) is 0 Å². The van der Waals surface area contributed by atoms with E-state index in [1.54, 1.807) is 0 Å². The van der Waals surface area contributed by atoms with Crippen LogP contribution in [0, 0.1) is 10.8 Å². The van der Waals surface area contributed by atoms with E-state index in [0.717, 1.165) is 16.6 Å². The van der Waals surface area contributed by atoms with Gasteiger partial charge in [-0.1, -0.05) is 114 Å². The van der Waals surface area contributed by atoms with Gasteiger partial charge in [-0.2, -0.15) is 0 Å². The maximum absolute atomic E-state index is 6.78. The number of fused-ring (bicyclic) bond motifs is 1. The van der Waals surface area contributed by atoms with E-state index in [4.69, 9.17) is 4.74 Å². The topological polar surface area (TPSA) is 9.23 Å². The van der Waals surface area contributed by atoms with Crippen molar-refractivity contribution in [1.29, 1.82) is 0 Å². The van der Waals surface area contributed by atoms with Crippen molar-refractivity contribution in [2.24, 2.45) is 10.8 Å². The lowest BCUT2D eigenvalue weighted by atomic mass is 9.65. The van der Waals surface area contributed by atoms with E-state index in [0.29, 0.717) is 0 Å². The Labute approximate surface area is 181 Å². The van der Waals surface area contributed by atoms with Gasteiger partial charge >= 0.3 is 0 Å². The molecule has 0 N–H and O–H groups in total. The van der Waals surface area contributed by atoms with E-state index in [9.17, 15) is 0 Å². The summed E-state index contributed by atoms with van der Waals surface area (Å²) in [6.45, 7) is 14.0. The van der Waals surface area contributed by atoms with Gasteiger partial charge < -0.3 is 4.74 Å². The maximum atomic E-state index is 6.78. The molecule has 1 atom stereocenters. The molecular formula is C26H39BrO. The van der Waals surface area contributed by atoms with Crippen LogP contribution in [0.1, 0.15) is 86.5 Å². The summed E-state index contributed by atoms with van der Waals surface area (Å²) in [5.74, 6) is 1.01. The van der Waals surface area contributed by atoms with Crippen LogP contribution >= 0.6 is 15.9 Å². The first-order chi connectivity index (χ1) is 13.2. The summed E-state index contributed by atoms with van der Waals surface area (Å²) in [4.78, 5) is 0. The lowest BCUT2D eigenvalue weighted by Crippen LogP contribution is -2.44. The minimum Gasteiger partial charge on any atom is -0.489 e. The van der Waals surface area contributed by atoms with Gasteiger partial charge in [-0.25, -0.2) is 0 Å². The third-order valence-electron chi connectivity index (χ3n) is 6.66. The van der Waals surface area contributed by atoms with Crippen molar-refractivity contribution in [3.63, 3.8) is 0 Å². The molecule has 0 spiro atoms. The highest BCUT2D eigenvalue weighted by Crippen LogP contribution is 2.45. The zero-order valence-electron chi connectivity index (χ0n) is 18.8. The third-order valence-corrected chi connectivity index (χ3v) is 7.35. The zero-order valence-corrected chi connectivity index (χ0v) is 20.4. The third kappa shape index (κ3) is 5.75. The average Bonchev–Trinajstić information content (AvgIpc) is 2.64. The van der Waals surface area contributed by atoms with Gasteiger partial charge in [0, 0.05) is 15.3 Å². The van der Waals surface area contributed by atoms with E-state index >= 15 is 0 Å². The molecule has 1 unspecified atom stereocenters. The highest BCUT2D eigenvalue weighted by atomic mass is 79.9. The Balaban J connectivity index is 2.21. The van der Waals surface area contributed by atoms with Crippen molar-refractivity contribution in [2.45, 2.75) is 92.6 Å². The van der Waals surface area contributed by atoms with Crippen LogP contribution in [-0.2, 0) is 0 Å². The molecule has 0 aliphatic rings. The van der Waals surface area contributed by atoms with Gasteiger partial charge in [0.1, 0.15) is 11.9 Å². The highest BCUT2D eigenvalue weighted by molar-refractivity contribution is 9.10. The first-order valence-electron chi connectivity index (χ1n) is 11.0. The number of benzene rings is 2. The van der Waals surface area contributed by atoms with Crippen molar-refractivity contribution >= 4 is 26.7 Å². The van der Waals surface area contributed by atoms with Crippen LogP contribution < -0.4 is 4.74 Å². The largest absolute Gasteiger partial charge is 0.489 e. The minimum atomic E-state index is 0.0740. The summed E-state index contributed by atoms with van der Waals surface area (Å²) in [5.41, 5.74) is 0.246. The van der Waals surface area contributed by atoms with Gasteiger partial charge in [0.25, 0.3) is 0 Å². The molecule has 0 saturated heterocycles. The highest BCUT2D eigenvalue weighted by Gasteiger charge is 2.41.